The summed E-state index contributed by atoms with van der Waals surface area (Å²) < 4.78 is 0. The summed E-state index contributed by atoms with van der Waals surface area (Å²) in [4.78, 5) is 7.81. The van der Waals surface area contributed by atoms with Crippen LogP contribution in [0.15, 0.2) is 36.4 Å². The van der Waals surface area contributed by atoms with Crippen LogP contribution >= 0.6 is 23.2 Å². The molecule has 5 rings (SSSR count). The molecule has 1 N–H and O–H groups in total. The Hall–Kier alpha value is -1.14. The molecule has 38 heavy (non-hydrogen) atoms. The van der Waals surface area contributed by atoms with Crippen LogP contribution in [-0.4, -0.2) is 74.6 Å². The molecule has 4 nitrogen and oxygen atoms in total. The van der Waals surface area contributed by atoms with E-state index >= 15 is 0 Å². The molecule has 0 spiro atoms. The number of hydrogen-bond acceptors (Lipinski definition) is 4. The van der Waals surface area contributed by atoms with Crippen molar-refractivity contribution in [3.63, 3.8) is 0 Å². The Morgan fingerprint density at radius 2 is 1.13 bits per heavy atom. The van der Waals surface area contributed by atoms with Gasteiger partial charge >= 0.3 is 0 Å². The topological polar surface area (TPSA) is 21.8 Å². The smallest absolute Gasteiger partial charge is 0.0426 e. The van der Waals surface area contributed by atoms with Crippen LogP contribution in [0.5, 0.6) is 0 Å². The fourth-order valence-corrected chi connectivity index (χ4v) is 7.59. The highest BCUT2D eigenvalue weighted by molar-refractivity contribution is 6.35. The van der Waals surface area contributed by atoms with Gasteiger partial charge in [-0.25, -0.2) is 0 Å². The summed E-state index contributed by atoms with van der Waals surface area (Å²) in [5, 5.41) is 4.75. The van der Waals surface area contributed by atoms with Gasteiger partial charge in [0.15, 0.2) is 0 Å². The predicted octanol–water partition coefficient (Wildman–Crippen LogP) is 6.65. The molecule has 2 aromatic carbocycles. The zero-order valence-electron chi connectivity index (χ0n) is 23.4. The molecule has 0 unspecified atom stereocenters. The second kappa shape index (κ2) is 13.5. The first-order valence-corrected chi connectivity index (χ1v) is 15.6. The predicted molar refractivity (Wildman–Crippen MR) is 162 cm³/mol. The summed E-state index contributed by atoms with van der Waals surface area (Å²) in [7, 11) is 4.34. The number of rotatable bonds is 8. The summed E-state index contributed by atoms with van der Waals surface area (Å²) >= 11 is 12.8. The monoisotopic (exact) mass is 556 g/mol. The van der Waals surface area contributed by atoms with Crippen molar-refractivity contribution in [2.75, 3.05) is 59.9 Å². The van der Waals surface area contributed by atoms with Crippen molar-refractivity contribution in [2.24, 2.45) is 17.8 Å². The van der Waals surface area contributed by atoms with E-state index in [1.165, 1.54) is 94.5 Å². The molecule has 0 aromatic heterocycles. The van der Waals surface area contributed by atoms with Gasteiger partial charge in [0.2, 0.25) is 0 Å². The minimum Gasteiger partial charge on any atom is -0.319 e. The lowest BCUT2D eigenvalue weighted by Crippen LogP contribution is -2.39. The molecular weight excluding hydrogens is 511 g/mol. The number of nitrogens with one attached hydrogen (secondary N) is 1. The highest BCUT2D eigenvalue weighted by Gasteiger charge is 2.29. The maximum absolute atomic E-state index is 6.41. The fraction of sp³-hybridized carbons (Fsp3) is 0.625. The number of halogens is 2. The standard InChI is InChI=1S/C32H46Cl2N4/c1-35-21-24-3-11-37(12-4-24)22-25-15-26(17-29(16-25)30-18-31(33)20-32(34)19-30)23-38-13-7-28(8-14-38)27-5-9-36(2)10-6-27/h15-20,24,27-28,35H,3-14,21-23H2,1-2H3. The third-order valence-corrected chi connectivity index (χ3v) is 9.76. The summed E-state index contributed by atoms with van der Waals surface area (Å²) in [6.07, 6.45) is 8.05. The second-order valence-corrected chi connectivity index (χ2v) is 13.1. The Morgan fingerprint density at radius 1 is 0.658 bits per heavy atom. The molecule has 3 aliphatic heterocycles. The van der Waals surface area contributed by atoms with Crippen molar-refractivity contribution in [1.82, 2.24) is 20.0 Å². The molecule has 2 aromatic rings. The first-order valence-electron chi connectivity index (χ1n) is 14.8. The number of piperidine rings is 3. The third-order valence-electron chi connectivity index (χ3n) is 9.32. The van der Waals surface area contributed by atoms with Crippen molar-refractivity contribution >= 4 is 23.2 Å². The molecule has 3 heterocycles. The van der Waals surface area contributed by atoms with Gasteiger partial charge in [0.25, 0.3) is 0 Å². The average Bonchev–Trinajstić information content (AvgIpc) is 2.90. The average molecular weight is 558 g/mol. The quantitative estimate of drug-likeness (QED) is 0.393. The van der Waals surface area contributed by atoms with Gasteiger partial charge in [0.1, 0.15) is 0 Å². The van der Waals surface area contributed by atoms with Crippen molar-refractivity contribution < 1.29 is 0 Å². The van der Waals surface area contributed by atoms with Gasteiger partial charge in [0, 0.05) is 23.1 Å². The molecule has 0 bridgehead atoms. The van der Waals surface area contributed by atoms with E-state index in [9.17, 15) is 0 Å². The normalized spacial score (nSPS) is 21.8. The van der Waals surface area contributed by atoms with Crippen LogP contribution in [0.25, 0.3) is 11.1 Å². The molecular formula is C32H46Cl2N4. The zero-order chi connectivity index (χ0) is 26.5. The number of hydrogen-bond donors (Lipinski definition) is 1. The minimum absolute atomic E-state index is 0.696. The van der Waals surface area contributed by atoms with Crippen molar-refractivity contribution in [1.29, 1.82) is 0 Å². The van der Waals surface area contributed by atoms with E-state index < -0.39 is 0 Å². The minimum atomic E-state index is 0.696. The molecule has 0 aliphatic carbocycles. The molecule has 0 saturated carbocycles. The van der Waals surface area contributed by atoms with Gasteiger partial charge in [-0.2, -0.15) is 0 Å². The van der Waals surface area contributed by atoms with E-state index in [2.05, 4.69) is 52.3 Å². The van der Waals surface area contributed by atoms with Gasteiger partial charge in [-0.05, 0) is 169 Å². The van der Waals surface area contributed by atoms with Gasteiger partial charge in [0.05, 0.1) is 0 Å². The van der Waals surface area contributed by atoms with Crippen LogP contribution in [0.4, 0.5) is 0 Å². The van der Waals surface area contributed by atoms with Gasteiger partial charge in [-0.3, -0.25) is 9.80 Å². The Morgan fingerprint density at radius 3 is 1.66 bits per heavy atom. The van der Waals surface area contributed by atoms with E-state index in [1.807, 2.05) is 18.2 Å². The molecule has 3 fully saturated rings. The number of likely N-dealkylation sites (tertiary alicyclic amines) is 3. The lowest BCUT2D eigenvalue weighted by Gasteiger charge is -2.39. The van der Waals surface area contributed by atoms with E-state index in [0.29, 0.717) is 10.0 Å². The van der Waals surface area contributed by atoms with Gasteiger partial charge < -0.3 is 10.2 Å². The Bertz CT molecular complexity index is 1020. The summed E-state index contributed by atoms with van der Waals surface area (Å²) in [6.45, 7) is 10.5. The molecule has 0 atom stereocenters. The van der Waals surface area contributed by atoms with Crippen molar-refractivity contribution in [3.05, 3.63) is 57.6 Å². The van der Waals surface area contributed by atoms with E-state index in [0.717, 1.165) is 43.0 Å². The Labute approximate surface area is 240 Å². The molecule has 3 aliphatic rings. The first-order chi connectivity index (χ1) is 18.4. The highest BCUT2D eigenvalue weighted by Crippen LogP contribution is 2.34. The molecule has 208 valence electrons. The fourth-order valence-electron chi connectivity index (χ4n) is 7.07. The van der Waals surface area contributed by atoms with Gasteiger partial charge in [-0.15, -0.1) is 0 Å². The maximum Gasteiger partial charge on any atom is 0.0426 e. The first kappa shape index (κ1) is 28.4. The second-order valence-electron chi connectivity index (χ2n) is 12.2. The largest absolute Gasteiger partial charge is 0.319 e. The lowest BCUT2D eigenvalue weighted by molar-refractivity contribution is 0.102. The lowest BCUT2D eigenvalue weighted by atomic mass is 9.79. The third kappa shape index (κ3) is 7.74. The molecule has 0 amide bonds. The summed E-state index contributed by atoms with van der Waals surface area (Å²) in [5.74, 6) is 2.67. The van der Waals surface area contributed by atoms with Crippen LogP contribution in [0, 0.1) is 17.8 Å². The van der Waals surface area contributed by atoms with Crippen LogP contribution in [0.3, 0.4) is 0 Å². The van der Waals surface area contributed by atoms with E-state index in [4.69, 9.17) is 23.2 Å². The SMILES string of the molecule is CNCC1CCN(Cc2cc(CN3CCC(C4CCN(C)CC4)CC3)cc(-c3cc(Cl)cc(Cl)c3)c2)CC1. The highest BCUT2D eigenvalue weighted by atomic mass is 35.5. The molecule has 3 saturated heterocycles. The van der Waals surface area contributed by atoms with Crippen LogP contribution in [-0.2, 0) is 13.1 Å². The Balaban J connectivity index is 1.27. The Kier molecular flexibility index (Phi) is 10.1. The van der Waals surface area contributed by atoms with E-state index in [1.54, 1.807) is 0 Å². The maximum atomic E-state index is 6.41. The van der Waals surface area contributed by atoms with Crippen LogP contribution < -0.4 is 5.32 Å². The zero-order valence-corrected chi connectivity index (χ0v) is 24.9. The summed E-state index contributed by atoms with van der Waals surface area (Å²) in [5.41, 5.74) is 5.16. The van der Waals surface area contributed by atoms with Crippen LogP contribution in [0.1, 0.15) is 49.7 Å². The van der Waals surface area contributed by atoms with Gasteiger partial charge in [-0.1, -0.05) is 29.3 Å². The number of nitrogens with zero attached hydrogens (tertiary/aromatic N) is 3. The molecule has 0 radical (unpaired) electrons. The van der Waals surface area contributed by atoms with Crippen molar-refractivity contribution in [2.45, 2.75) is 51.6 Å². The number of benzene rings is 2. The van der Waals surface area contributed by atoms with Crippen molar-refractivity contribution in [3.8, 4) is 11.1 Å². The molecule has 6 heteroatoms. The van der Waals surface area contributed by atoms with Crippen LogP contribution in [0.2, 0.25) is 10.0 Å². The summed E-state index contributed by atoms with van der Waals surface area (Å²) in [6, 6.07) is 13.1. The van der Waals surface area contributed by atoms with E-state index in [-0.39, 0.29) is 0 Å².